The maximum Gasteiger partial charge on any atom is 0.269 e. The Hall–Kier alpha value is -2.21. The van der Waals surface area contributed by atoms with E-state index >= 15 is 0 Å². The molecule has 0 amide bonds. The van der Waals surface area contributed by atoms with Gasteiger partial charge in [-0.2, -0.15) is 5.10 Å². The Labute approximate surface area is 136 Å². The summed E-state index contributed by atoms with van der Waals surface area (Å²) < 4.78 is 1.78. The monoisotopic (exact) mass is 316 g/mol. The molecule has 0 spiro atoms. The highest BCUT2D eigenvalue weighted by Crippen LogP contribution is 2.24. The third-order valence-corrected chi connectivity index (χ3v) is 4.16. The molecule has 0 fully saturated rings. The number of non-ortho nitro benzene ring substituents is 1. The molecule has 2 rings (SSSR count). The molecule has 124 valence electrons. The van der Waals surface area contributed by atoms with Crippen molar-refractivity contribution in [3.63, 3.8) is 0 Å². The van der Waals surface area contributed by atoms with E-state index in [0.717, 1.165) is 29.9 Å². The van der Waals surface area contributed by atoms with Crippen LogP contribution in [0.25, 0.3) is 11.3 Å². The first-order valence-electron chi connectivity index (χ1n) is 8.03. The SMILES string of the molecule is CCC(CC)CNCc1cn(C)nc1-c1ccc([N+](=O)[O-])cc1. The minimum Gasteiger partial charge on any atom is -0.312 e. The van der Waals surface area contributed by atoms with Crippen molar-refractivity contribution in [1.29, 1.82) is 0 Å². The molecule has 0 bridgehead atoms. The number of rotatable bonds is 8. The molecule has 0 aliphatic carbocycles. The summed E-state index contributed by atoms with van der Waals surface area (Å²) in [6, 6.07) is 6.55. The fourth-order valence-corrected chi connectivity index (χ4v) is 2.64. The lowest BCUT2D eigenvalue weighted by atomic mass is 10.0. The quantitative estimate of drug-likeness (QED) is 0.597. The van der Waals surface area contributed by atoms with Crippen molar-refractivity contribution in [3.8, 4) is 11.3 Å². The van der Waals surface area contributed by atoms with E-state index in [1.54, 1.807) is 16.8 Å². The van der Waals surface area contributed by atoms with Gasteiger partial charge in [0.15, 0.2) is 0 Å². The Kier molecular flexibility index (Phi) is 5.87. The average Bonchev–Trinajstić information content (AvgIpc) is 2.92. The summed E-state index contributed by atoms with van der Waals surface area (Å²) in [4.78, 5) is 10.4. The second-order valence-electron chi connectivity index (χ2n) is 5.79. The standard InChI is InChI=1S/C17H24N4O2/c1-4-13(5-2)10-18-11-15-12-20(3)19-17(15)14-6-8-16(9-7-14)21(22)23/h6-9,12-13,18H,4-5,10-11H2,1-3H3. The van der Waals surface area contributed by atoms with E-state index in [0.29, 0.717) is 5.92 Å². The van der Waals surface area contributed by atoms with Crippen LogP contribution in [0.5, 0.6) is 0 Å². The molecule has 0 atom stereocenters. The zero-order chi connectivity index (χ0) is 16.8. The molecule has 2 aromatic rings. The number of aryl methyl sites for hydroxylation is 1. The van der Waals surface area contributed by atoms with Crippen LogP contribution in [0.1, 0.15) is 32.3 Å². The molecule has 6 heteroatoms. The van der Waals surface area contributed by atoms with Crippen LogP contribution < -0.4 is 5.32 Å². The van der Waals surface area contributed by atoms with Gasteiger partial charge >= 0.3 is 0 Å². The third-order valence-electron chi connectivity index (χ3n) is 4.16. The van der Waals surface area contributed by atoms with Gasteiger partial charge in [0, 0.05) is 43.0 Å². The number of aromatic nitrogens is 2. The Morgan fingerprint density at radius 1 is 1.26 bits per heavy atom. The predicted molar refractivity (Wildman–Crippen MR) is 91.1 cm³/mol. The van der Waals surface area contributed by atoms with Gasteiger partial charge in [0.25, 0.3) is 5.69 Å². The number of nitro benzene ring substituents is 1. The van der Waals surface area contributed by atoms with Crippen LogP contribution in [-0.2, 0) is 13.6 Å². The Morgan fingerprint density at radius 2 is 1.91 bits per heavy atom. The van der Waals surface area contributed by atoms with Gasteiger partial charge in [-0.15, -0.1) is 0 Å². The van der Waals surface area contributed by atoms with E-state index in [2.05, 4.69) is 24.3 Å². The van der Waals surface area contributed by atoms with Crippen molar-refractivity contribution in [2.75, 3.05) is 6.54 Å². The molecule has 0 saturated heterocycles. The number of nitrogens with zero attached hydrogens (tertiary/aromatic N) is 3. The van der Waals surface area contributed by atoms with Crippen LogP contribution in [-0.4, -0.2) is 21.2 Å². The molecule has 1 heterocycles. The first-order chi connectivity index (χ1) is 11.0. The molecular formula is C17H24N4O2. The lowest BCUT2D eigenvalue weighted by Crippen LogP contribution is -2.21. The minimum atomic E-state index is -0.389. The lowest BCUT2D eigenvalue weighted by molar-refractivity contribution is -0.384. The fourth-order valence-electron chi connectivity index (χ4n) is 2.64. The molecule has 0 aliphatic rings. The summed E-state index contributed by atoms with van der Waals surface area (Å²) in [7, 11) is 1.89. The van der Waals surface area contributed by atoms with Crippen LogP contribution in [0.15, 0.2) is 30.5 Å². The first-order valence-corrected chi connectivity index (χ1v) is 8.03. The average molecular weight is 316 g/mol. The number of nitro groups is 1. The third kappa shape index (κ3) is 4.39. The number of nitrogens with one attached hydrogen (secondary N) is 1. The van der Waals surface area contributed by atoms with Gasteiger partial charge in [-0.05, 0) is 24.6 Å². The van der Waals surface area contributed by atoms with Gasteiger partial charge in [0.05, 0.1) is 10.6 Å². The van der Waals surface area contributed by atoms with Gasteiger partial charge in [-0.25, -0.2) is 0 Å². The van der Waals surface area contributed by atoms with Crippen molar-refractivity contribution in [3.05, 3.63) is 46.1 Å². The largest absolute Gasteiger partial charge is 0.312 e. The first kappa shape index (κ1) is 17.1. The molecule has 1 aromatic carbocycles. The second kappa shape index (κ2) is 7.87. The predicted octanol–water partition coefficient (Wildman–Crippen LogP) is 3.52. The Bertz CT molecular complexity index is 645. The van der Waals surface area contributed by atoms with E-state index in [-0.39, 0.29) is 10.6 Å². The summed E-state index contributed by atoms with van der Waals surface area (Å²) >= 11 is 0. The molecule has 6 nitrogen and oxygen atoms in total. The van der Waals surface area contributed by atoms with Gasteiger partial charge in [0.1, 0.15) is 0 Å². The van der Waals surface area contributed by atoms with Crippen LogP contribution >= 0.6 is 0 Å². The summed E-state index contributed by atoms with van der Waals surface area (Å²) in [6.45, 7) is 6.16. The van der Waals surface area contributed by atoms with Crippen LogP contribution in [0.2, 0.25) is 0 Å². The molecule has 0 radical (unpaired) electrons. The lowest BCUT2D eigenvalue weighted by Gasteiger charge is -2.13. The van der Waals surface area contributed by atoms with Crippen molar-refractivity contribution in [2.24, 2.45) is 13.0 Å². The molecule has 0 unspecified atom stereocenters. The highest BCUT2D eigenvalue weighted by molar-refractivity contribution is 5.64. The van der Waals surface area contributed by atoms with E-state index in [9.17, 15) is 10.1 Å². The zero-order valence-corrected chi connectivity index (χ0v) is 14.0. The summed E-state index contributed by atoms with van der Waals surface area (Å²) in [6.07, 6.45) is 4.34. The van der Waals surface area contributed by atoms with E-state index < -0.39 is 0 Å². The zero-order valence-electron chi connectivity index (χ0n) is 14.0. The summed E-state index contributed by atoms with van der Waals surface area (Å²) in [5.74, 6) is 0.689. The van der Waals surface area contributed by atoms with Gasteiger partial charge in [-0.3, -0.25) is 14.8 Å². The molecule has 23 heavy (non-hydrogen) atoms. The van der Waals surface area contributed by atoms with Crippen molar-refractivity contribution < 1.29 is 4.92 Å². The molecule has 1 aromatic heterocycles. The second-order valence-corrected chi connectivity index (χ2v) is 5.79. The maximum atomic E-state index is 10.8. The molecule has 1 N–H and O–H groups in total. The highest BCUT2D eigenvalue weighted by Gasteiger charge is 2.12. The highest BCUT2D eigenvalue weighted by atomic mass is 16.6. The van der Waals surface area contributed by atoms with E-state index in [1.807, 2.05) is 13.2 Å². The van der Waals surface area contributed by atoms with Gasteiger partial charge in [-0.1, -0.05) is 26.7 Å². The Morgan fingerprint density at radius 3 is 2.48 bits per heavy atom. The van der Waals surface area contributed by atoms with E-state index in [1.165, 1.54) is 25.0 Å². The number of benzene rings is 1. The fraction of sp³-hybridized carbons (Fsp3) is 0.471. The van der Waals surface area contributed by atoms with Gasteiger partial charge < -0.3 is 5.32 Å². The van der Waals surface area contributed by atoms with Crippen LogP contribution in [0, 0.1) is 16.0 Å². The van der Waals surface area contributed by atoms with Crippen LogP contribution in [0.4, 0.5) is 5.69 Å². The smallest absolute Gasteiger partial charge is 0.269 e. The maximum absolute atomic E-state index is 10.8. The minimum absolute atomic E-state index is 0.0955. The summed E-state index contributed by atoms with van der Waals surface area (Å²) in [5.41, 5.74) is 2.97. The van der Waals surface area contributed by atoms with Crippen molar-refractivity contribution >= 4 is 5.69 Å². The summed E-state index contributed by atoms with van der Waals surface area (Å²) in [5, 5.41) is 18.8. The molecule has 0 aliphatic heterocycles. The normalized spacial score (nSPS) is 11.1. The van der Waals surface area contributed by atoms with Crippen molar-refractivity contribution in [1.82, 2.24) is 15.1 Å². The van der Waals surface area contributed by atoms with Crippen molar-refractivity contribution in [2.45, 2.75) is 33.2 Å². The van der Waals surface area contributed by atoms with E-state index in [4.69, 9.17) is 0 Å². The Balaban J connectivity index is 2.12. The topological polar surface area (TPSA) is 73.0 Å². The molecule has 0 saturated carbocycles. The molecular weight excluding hydrogens is 292 g/mol. The number of hydrogen-bond acceptors (Lipinski definition) is 4. The van der Waals surface area contributed by atoms with Crippen LogP contribution in [0.3, 0.4) is 0 Å². The number of hydrogen-bond donors (Lipinski definition) is 1. The van der Waals surface area contributed by atoms with Gasteiger partial charge in [0.2, 0.25) is 0 Å².